The molecule has 0 spiro atoms. The Kier molecular flexibility index (Phi) is 4.96. The Balaban J connectivity index is 2.15. The Labute approximate surface area is 128 Å². The fourth-order valence-corrected chi connectivity index (χ4v) is 2.99. The third-order valence-electron chi connectivity index (χ3n) is 3.12. The van der Waals surface area contributed by atoms with E-state index >= 15 is 0 Å². The molecule has 0 saturated heterocycles. The summed E-state index contributed by atoms with van der Waals surface area (Å²) in [6, 6.07) is 8.69. The number of hydrogen-bond acceptors (Lipinski definition) is 3. The molecule has 2 aromatic rings. The van der Waals surface area contributed by atoms with Crippen molar-refractivity contribution in [3.05, 3.63) is 45.9 Å². The molecule has 0 aliphatic carbocycles. The summed E-state index contributed by atoms with van der Waals surface area (Å²) >= 11 is 1.73. The van der Waals surface area contributed by atoms with Crippen molar-refractivity contribution in [1.82, 2.24) is 0 Å². The number of carbonyl (C=O) groups excluding carboxylic acids is 1. The van der Waals surface area contributed by atoms with Gasteiger partial charge < -0.3 is 10.6 Å². The summed E-state index contributed by atoms with van der Waals surface area (Å²) in [4.78, 5) is 13.5. The fourth-order valence-electron chi connectivity index (χ4n) is 2.04. The van der Waals surface area contributed by atoms with Crippen molar-refractivity contribution >= 4 is 28.6 Å². The van der Waals surface area contributed by atoms with Gasteiger partial charge in [0.15, 0.2) is 0 Å². The van der Waals surface area contributed by atoms with Crippen LogP contribution in [0.15, 0.2) is 30.3 Å². The molecule has 0 bridgehead atoms. The smallest absolute Gasteiger partial charge is 0.221 e. The standard InChI is InChI=1S/C16H19FN2OS/c1-4-13-6-8-16(21-13)10(2)18-15-9-12(19-11(3)20)5-7-14(15)17/h5-10,18H,4H2,1-3H3,(H,19,20). The lowest BCUT2D eigenvalue weighted by atomic mass is 10.2. The van der Waals surface area contributed by atoms with Crippen LogP contribution in [0.5, 0.6) is 0 Å². The second kappa shape index (κ2) is 6.72. The first-order chi connectivity index (χ1) is 9.99. The molecule has 0 fully saturated rings. The van der Waals surface area contributed by atoms with Gasteiger partial charge in [-0.3, -0.25) is 4.79 Å². The van der Waals surface area contributed by atoms with Gasteiger partial charge in [0.1, 0.15) is 5.82 Å². The minimum absolute atomic E-state index is 0.0115. The lowest BCUT2D eigenvalue weighted by Crippen LogP contribution is -2.09. The average molecular weight is 306 g/mol. The predicted octanol–water partition coefficient (Wildman–Crippen LogP) is 4.58. The molecule has 5 heteroatoms. The minimum Gasteiger partial charge on any atom is -0.375 e. The van der Waals surface area contributed by atoms with Crippen LogP contribution in [0, 0.1) is 5.82 Å². The number of benzene rings is 1. The Hall–Kier alpha value is -1.88. The molecule has 3 nitrogen and oxygen atoms in total. The van der Waals surface area contributed by atoms with Crippen molar-refractivity contribution in [3.63, 3.8) is 0 Å². The topological polar surface area (TPSA) is 41.1 Å². The number of hydrogen-bond donors (Lipinski definition) is 2. The molecule has 21 heavy (non-hydrogen) atoms. The normalized spacial score (nSPS) is 12.0. The molecule has 1 unspecified atom stereocenters. The number of aryl methyl sites for hydroxylation is 1. The van der Waals surface area contributed by atoms with E-state index < -0.39 is 0 Å². The molecular weight excluding hydrogens is 287 g/mol. The maximum Gasteiger partial charge on any atom is 0.221 e. The minimum atomic E-state index is -0.330. The summed E-state index contributed by atoms with van der Waals surface area (Å²) in [7, 11) is 0. The predicted molar refractivity (Wildman–Crippen MR) is 86.4 cm³/mol. The van der Waals surface area contributed by atoms with Crippen molar-refractivity contribution in [2.45, 2.75) is 33.2 Å². The zero-order valence-corrected chi connectivity index (χ0v) is 13.2. The molecule has 0 aliphatic rings. The number of amides is 1. The van der Waals surface area contributed by atoms with Gasteiger partial charge in [-0.1, -0.05) is 6.92 Å². The molecule has 2 rings (SSSR count). The van der Waals surface area contributed by atoms with E-state index in [4.69, 9.17) is 0 Å². The first kappa shape index (κ1) is 15.5. The van der Waals surface area contributed by atoms with E-state index in [1.807, 2.05) is 6.92 Å². The van der Waals surface area contributed by atoms with Gasteiger partial charge in [0.25, 0.3) is 0 Å². The second-order valence-electron chi connectivity index (χ2n) is 4.90. The quantitative estimate of drug-likeness (QED) is 0.849. The molecule has 2 N–H and O–H groups in total. The zero-order valence-electron chi connectivity index (χ0n) is 12.4. The fraction of sp³-hybridized carbons (Fsp3) is 0.312. The number of thiophene rings is 1. The van der Waals surface area contributed by atoms with Gasteiger partial charge in [0.05, 0.1) is 11.7 Å². The molecule has 0 saturated carbocycles. The van der Waals surface area contributed by atoms with Crippen molar-refractivity contribution in [3.8, 4) is 0 Å². The van der Waals surface area contributed by atoms with Crippen LogP contribution in [0.3, 0.4) is 0 Å². The Bertz CT molecular complexity index is 639. The summed E-state index contributed by atoms with van der Waals surface area (Å²) in [5, 5.41) is 5.82. The van der Waals surface area contributed by atoms with Crippen LogP contribution in [0.2, 0.25) is 0 Å². The first-order valence-corrected chi connectivity index (χ1v) is 7.73. The number of carbonyl (C=O) groups is 1. The molecular formula is C16H19FN2OS. The van der Waals surface area contributed by atoms with Crippen LogP contribution in [0.25, 0.3) is 0 Å². The number of rotatable bonds is 5. The third-order valence-corrected chi connectivity index (χ3v) is 4.53. The van der Waals surface area contributed by atoms with Gasteiger partial charge in [-0.25, -0.2) is 4.39 Å². The zero-order chi connectivity index (χ0) is 15.4. The summed E-state index contributed by atoms with van der Waals surface area (Å²) in [6.07, 6.45) is 1.00. The van der Waals surface area contributed by atoms with Crippen LogP contribution in [0.4, 0.5) is 15.8 Å². The van der Waals surface area contributed by atoms with E-state index in [2.05, 4.69) is 29.7 Å². The van der Waals surface area contributed by atoms with Crippen LogP contribution in [-0.2, 0) is 11.2 Å². The van der Waals surface area contributed by atoms with Crippen LogP contribution >= 0.6 is 11.3 Å². The first-order valence-electron chi connectivity index (χ1n) is 6.92. The Morgan fingerprint density at radius 3 is 2.71 bits per heavy atom. The largest absolute Gasteiger partial charge is 0.375 e. The highest BCUT2D eigenvalue weighted by atomic mass is 32.1. The van der Waals surface area contributed by atoms with Crippen LogP contribution in [-0.4, -0.2) is 5.91 Å². The van der Waals surface area contributed by atoms with E-state index in [0.29, 0.717) is 11.4 Å². The van der Waals surface area contributed by atoms with E-state index in [-0.39, 0.29) is 17.8 Å². The molecule has 0 radical (unpaired) electrons. The van der Waals surface area contributed by atoms with E-state index in [9.17, 15) is 9.18 Å². The van der Waals surface area contributed by atoms with E-state index in [0.717, 1.165) is 11.3 Å². The van der Waals surface area contributed by atoms with E-state index in [1.54, 1.807) is 23.5 Å². The van der Waals surface area contributed by atoms with Gasteiger partial charge in [-0.2, -0.15) is 0 Å². The number of nitrogens with one attached hydrogen (secondary N) is 2. The molecule has 1 aromatic heterocycles. The van der Waals surface area contributed by atoms with E-state index in [1.165, 1.54) is 17.9 Å². The Morgan fingerprint density at radius 1 is 1.33 bits per heavy atom. The van der Waals surface area contributed by atoms with Crippen molar-refractivity contribution in [2.24, 2.45) is 0 Å². The Morgan fingerprint density at radius 2 is 2.10 bits per heavy atom. The number of halogens is 1. The van der Waals surface area contributed by atoms with Gasteiger partial charge in [-0.15, -0.1) is 11.3 Å². The third kappa shape index (κ3) is 4.04. The summed E-state index contributed by atoms with van der Waals surface area (Å²) < 4.78 is 13.9. The van der Waals surface area contributed by atoms with Gasteiger partial charge in [-0.05, 0) is 43.7 Å². The van der Waals surface area contributed by atoms with Crippen molar-refractivity contribution in [1.29, 1.82) is 0 Å². The summed E-state index contributed by atoms with van der Waals surface area (Å²) in [5.41, 5.74) is 0.972. The molecule has 1 atom stereocenters. The monoisotopic (exact) mass is 306 g/mol. The van der Waals surface area contributed by atoms with Crippen LogP contribution in [0.1, 0.15) is 36.6 Å². The average Bonchev–Trinajstić information content (AvgIpc) is 2.91. The maximum atomic E-state index is 13.9. The highest BCUT2D eigenvalue weighted by Crippen LogP contribution is 2.28. The molecule has 1 heterocycles. The molecule has 1 aromatic carbocycles. The highest BCUT2D eigenvalue weighted by molar-refractivity contribution is 7.12. The number of anilines is 2. The van der Waals surface area contributed by atoms with Crippen molar-refractivity contribution < 1.29 is 9.18 Å². The second-order valence-corrected chi connectivity index (χ2v) is 6.10. The van der Waals surface area contributed by atoms with Gasteiger partial charge in [0, 0.05) is 22.4 Å². The summed E-state index contributed by atoms with van der Waals surface area (Å²) in [5.74, 6) is -0.505. The van der Waals surface area contributed by atoms with Gasteiger partial charge in [0.2, 0.25) is 5.91 Å². The lowest BCUT2D eigenvalue weighted by molar-refractivity contribution is -0.114. The van der Waals surface area contributed by atoms with Gasteiger partial charge >= 0.3 is 0 Å². The summed E-state index contributed by atoms with van der Waals surface area (Å²) in [6.45, 7) is 5.54. The lowest BCUT2D eigenvalue weighted by Gasteiger charge is -2.15. The maximum absolute atomic E-state index is 13.9. The highest BCUT2D eigenvalue weighted by Gasteiger charge is 2.11. The molecule has 1 amide bonds. The molecule has 0 aliphatic heterocycles. The molecule has 112 valence electrons. The SMILES string of the molecule is CCc1ccc(C(C)Nc2cc(NC(C)=O)ccc2F)s1. The van der Waals surface area contributed by atoms with Crippen LogP contribution < -0.4 is 10.6 Å². The van der Waals surface area contributed by atoms with Crippen molar-refractivity contribution in [2.75, 3.05) is 10.6 Å².